The Kier molecular flexibility index (Phi) is 2.18. The van der Waals surface area contributed by atoms with E-state index in [1.54, 1.807) is 6.07 Å². The van der Waals surface area contributed by atoms with Gasteiger partial charge in [-0.05, 0) is 17.7 Å². The largest absolute Gasteiger partial charge is 0.422 e. The van der Waals surface area contributed by atoms with Gasteiger partial charge in [0.1, 0.15) is 11.1 Å². The van der Waals surface area contributed by atoms with E-state index in [9.17, 15) is 9.59 Å². The normalized spacial score (nSPS) is 19.7. The molecule has 1 aromatic carbocycles. The summed E-state index contributed by atoms with van der Waals surface area (Å²) in [6.07, 6.45) is 9.36. The van der Waals surface area contributed by atoms with E-state index in [1.165, 1.54) is 0 Å². The number of allylic oxidation sites excluding steroid dienone is 5. The zero-order valence-electron chi connectivity index (χ0n) is 10.5. The average molecular weight is 262 g/mol. The predicted octanol–water partition coefficient (Wildman–Crippen LogP) is 3.11. The van der Waals surface area contributed by atoms with Crippen LogP contribution in [-0.2, 0) is 0 Å². The molecule has 3 heteroatoms. The van der Waals surface area contributed by atoms with Crippen LogP contribution in [-0.4, -0.2) is 5.78 Å². The number of fused-ring (bicyclic) bond motifs is 4. The van der Waals surface area contributed by atoms with Gasteiger partial charge in [-0.15, -0.1) is 0 Å². The molecule has 20 heavy (non-hydrogen) atoms. The summed E-state index contributed by atoms with van der Waals surface area (Å²) in [4.78, 5) is 24.6. The molecule has 1 aromatic heterocycles. The Morgan fingerprint density at radius 2 is 1.90 bits per heavy atom. The maximum Gasteiger partial charge on any atom is 0.347 e. The second kappa shape index (κ2) is 3.90. The predicted molar refractivity (Wildman–Crippen MR) is 76.6 cm³/mol. The van der Waals surface area contributed by atoms with Crippen LogP contribution in [0.2, 0.25) is 0 Å². The van der Waals surface area contributed by atoms with Gasteiger partial charge < -0.3 is 4.42 Å². The van der Waals surface area contributed by atoms with Gasteiger partial charge in [0.05, 0.1) is 5.92 Å². The number of Topliss-reactive ketones (excluding diaryl/α,β-unsaturated/α-hetero) is 1. The molecule has 96 valence electrons. The summed E-state index contributed by atoms with van der Waals surface area (Å²) < 4.78 is 5.26. The molecule has 0 fully saturated rings. The van der Waals surface area contributed by atoms with Crippen LogP contribution in [0.4, 0.5) is 0 Å². The molecule has 0 radical (unpaired) electrons. The zero-order valence-corrected chi connectivity index (χ0v) is 10.5. The van der Waals surface area contributed by atoms with Crippen LogP contribution >= 0.6 is 0 Å². The van der Waals surface area contributed by atoms with Crippen molar-refractivity contribution in [3.8, 4) is 0 Å². The van der Waals surface area contributed by atoms with Crippen LogP contribution in [0, 0.1) is 5.92 Å². The molecule has 0 saturated carbocycles. The highest BCUT2D eigenvalue weighted by Crippen LogP contribution is 2.34. The first-order valence-electron chi connectivity index (χ1n) is 6.42. The summed E-state index contributed by atoms with van der Waals surface area (Å²) in [5.41, 5.74) is 1.71. The van der Waals surface area contributed by atoms with Gasteiger partial charge >= 0.3 is 5.63 Å². The number of rotatable bonds is 0. The van der Waals surface area contributed by atoms with Crippen LogP contribution in [0.15, 0.2) is 63.4 Å². The Hall–Kier alpha value is -2.68. The Morgan fingerprint density at radius 1 is 1.05 bits per heavy atom. The molecule has 0 N–H and O–H groups in total. The summed E-state index contributed by atoms with van der Waals surface area (Å²) in [5.74, 6) is -0.547. The lowest BCUT2D eigenvalue weighted by atomic mass is 9.80. The van der Waals surface area contributed by atoms with E-state index in [0.717, 1.165) is 11.0 Å². The van der Waals surface area contributed by atoms with Crippen molar-refractivity contribution >= 4 is 22.8 Å². The minimum absolute atomic E-state index is 0.164. The minimum Gasteiger partial charge on any atom is -0.422 e. The van der Waals surface area contributed by atoms with Crippen LogP contribution in [0.3, 0.4) is 0 Å². The van der Waals surface area contributed by atoms with E-state index in [-0.39, 0.29) is 17.3 Å². The molecule has 2 aliphatic rings. The first-order chi connectivity index (χ1) is 9.75. The van der Waals surface area contributed by atoms with Crippen molar-refractivity contribution in [2.75, 3.05) is 0 Å². The SMILES string of the molecule is O=C1c2c(c3ccccc3oc2=O)C=C2C=CC=C[C@H]12. The summed E-state index contributed by atoms with van der Waals surface area (Å²) in [7, 11) is 0. The minimum atomic E-state index is -0.554. The van der Waals surface area contributed by atoms with E-state index in [2.05, 4.69) is 0 Å². The second-order valence-corrected chi connectivity index (χ2v) is 4.90. The fourth-order valence-corrected chi connectivity index (χ4v) is 2.81. The van der Waals surface area contributed by atoms with E-state index >= 15 is 0 Å². The fraction of sp³-hybridized carbons (Fsp3) is 0.0588. The van der Waals surface area contributed by atoms with Gasteiger partial charge in [0, 0.05) is 10.9 Å². The van der Waals surface area contributed by atoms with Crippen molar-refractivity contribution in [2.45, 2.75) is 0 Å². The van der Waals surface area contributed by atoms with E-state index in [1.807, 2.05) is 48.6 Å². The van der Waals surface area contributed by atoms with Gasteiger partial charge in [0.25, 0.3) is 0 Å². The molecule has 2 aliphatic carbocycles. The number of hydrogen-bond acceptors (Lipinski definition) is 3. The van der Waals surface area contributed by atoms with Crippen molar-refractivity contribution in [3.05, 3.63) is 75.7 Å². The zero-order chi connectivity index (χ0) is 13.7. The molecule has 1 heterocycles. The molecule has 0 unspecified atom stereocenters. The van der Waals surface area contributed by atoms with Crippen LogP contribution in [0.1, 0.15) is 15.9 Å². The fourth-order valence-electron chi connectivity index (χ4n) is 2.81. The number of hydrogen-bond donors (Lipinski definition) is 0. The third-order valence-electron chi connectivity index (χ3n) is 3.76. The van der Waals surface area contributed by atoms with E-state index in [0.29, 0.717) is 11.1 Å². The highest BCUT2D eigenvalue weighted by molar-refractivity contribution is 6.10. The smallest absolute Gasteiger partial charge is 0.347 e. The number of benzene rings is 1. The van der Waals surface area contributed by atoms with Crippen molar-refractivity contribution in [1.29, 1.82) is 0 Å². The molecule has 0 aliphatic heterocycles. The molecular formula is C17H10O3. The molecular weight excluding hydrogens is 252 g/mol. The van der Waals surface area contributed by atoms with E-state index in [4.69, 9.17) is 4.42 Å². The van der Waals surface area contributed by atoms with Crippen molar-refractivity contribution < 1.29 is 9.21 Å². The second-order valence-electron chi connectivity index (χ2n) is 4.90. The number of para-hydroxylation sites is 1. The summed E-state index contributed by atoms with van der Waals surface area (Å²) in [5, 5.41) is 0.796. The molecule has 3 nitrogen and oxygen atoms in total. The number of carbonyl (C=O) groups excluding carboxylic acids is 1. The molecule has 1 atom stereocenters. The highest BCUT2D eigenvalue weighted by Gasteiger charge is 2.31. The Labute approximate surface area is 114 Å². The lowest BCUT2D eigenvalue weighted by Gasteiger charge is -2.22. The van der Waals surface area contributed by atoms with Gasteiger partial charge in [-0.1, -0.05) is 42.5 Å². The van der Waals surface area contributed by atoms with Crippen LogP contribution < -0.4 is 5.63 Å². The van der Waals surface area contributed by atoms with Crippen LogP contribution in [0.5, 0.6) is 0 Å². The first kappa shape index (κ1) is 11.2. The Balaban J connectivity index is 2.15. The van der Waals surface area contributed by atoms with Gasteiger partial charge in [-0.3, -0.25) is 4.79 Å². The standard InChI is InChI=1S/C17H10O3/c18-16-11-6-2-1-5-10(11)9-13-12-7-3-4-8-14(12)20-17(19)15(13)16/h1-9,11H/t11-/m0/s1. The summed E-state index contributed by atoms with van der Waals surface area (Å²) in [6.45, 7) is 0. The lowest BCUT2D eigenvalue weighted by Crippen LogP contribution is -2.27. The maximum atomic E-state index is 12.5. The van der Waals surface area contributed by atoms with Gasteiger partial charge in [0.2, 0.25) is 0 Å². The first-order valence-corrected chi connectivity index (χ1v) is 6.42. The van der Waals surface area contributed by atoms with Gasteiger partial charge in [-0.25, -0.2) is 4.79 Å². The summed E-state index contributed by atoms with van der Waals surface area (Å²) in [6, 6.07) is 7.28. The van der Waals surface area contributed by atoms with Crippen molar-refractivity contribution in [3.63, 3.8) is 0 Å². The van der Waals surface area contributed by atoms with Crippen molar-refractivity contribution in [1.82, 2.24) is 0 Å². The lowest BCUT2D eigenvalue weighted by molar-refractivity contribution is 0.0956. The molecule has 0 bridgehead atoms. The quantitative estimate of drug-likeness (QED) is 0.685. The molecule has 0 spiro atoms. The Morgan fingerprint density at radius 3 is 2.80 bits per heavy atom. The van der Waals surface area contributed by atoms with Gasteiger partial charge in [0.15, 0.2) is 5.78 Å². The molecule has 2 aromatic rings. The number of carbonyl (C=O) groups is 1. The third-order valence-corrected chi connectivity index (χ3v) is 3.76. The third kappa shape index (κ3) is 1.40. The Bertz CT molecular complexity index is 894. The van der Waals surface area contributed by atoms with Crippen LogP contribution in [0.25, 0.3) is 17.0 Å². The maximum absolute atomic E-state index is 12.5. The summed E-state index contributed by atoms with van der Waals surface area (Å²) >= 11 is 0. The van der Waals surface area contributed by atoms with E-state index < -0.39 is 5.63 Å². The van der Waals surface area contributed by atoms with Crippen molar-refractivity contribution in [2.24, 2.45) is 5.92 Å². The van der Waals surface area contributed by atoms with Gasteiger partial charge in [-0.2, -0.15) is 0 Å². The molecule has 0 amide bonds. The highest BCUT2D eigenvalue weighted by atomic mass is 16.4. The monoisotopic (exact) mass is 262 g/mol. The topological polar surface area (TPSA) is 47.3 Å². The average Bonchev–Trinajstić information content (AvgIpc) is 2.47. The molecule has 4 rings (SSSR count). The molecule has 0 saturated heterocycles. The number of ketones is 1.